The van der Waals surface area contributed by atoms with Crippen molar-refractivity contribution in [3.8, 4) is 11.1 Å². The van der Waals surface area contributed by atoms with Gasteiger partial charge in [0.15, 0.2) is 0 Å². The van der Waals surface area contributed by atoms with Crippen LogP contribution >= 0.6 is 11.6 Å². The van der Waals surface area contributed by atoms with Crippen molar-refractivity contribution in [1.82, 2.24) is 4.90 Å². The van der Waals surface area contributed by atoms with Gasteiger partial charge in [-0.15, -0.1) is 0 Å². The van der Waals surface area contributed by atoms with Crippen LogP contribution in [-0.2, 0) is 28.6 Å². The molecule has 0 N–H and O–H groups in total. The standard InChI is InChI=1S/C30H29ClFNO9/c1-17(2)41-30(38)40-16-39-27(35)10-18-4-3-9-33(14-18)29(37)24(15-34)19-5-7-22-23(13-28(36)42-26(22)11-19)21-8-6-20(32)12-25(21)31/h5-8,11-13,15,17-18,24H,3-4,9-10,14,16H2,1-2H3/t18-,24+/m1/s1. The lowest BCUT2D eigenvalue weighted by molar-refractivity contribution is -0.156. The van der Waals surface area contributed by atoms with Gasteiger partial charge in [0.2, 0.25) is 12.7 Å². The summed E-state index contributed by atoms with van der Waals surface area (Å²) in [7, 11) is 0. The van der Waals surface area contributed by atoms with Crippen molar-refractivity contribution in [1.29, 1.82) is 0 Å². The number of carbonyl (C=O) groups is 4. The Labute approximate surface area is 245 Å². The molecule has 1 aliphatic heterocycles. The van der Waals surface area contributed by atoms with E-state index in [0.29, 0.717) is 47.7 Å². The van der Waals surface area contributed by atoms with Crippen LogP contribution in [-0.4, -0.2) is 55.2 Å². The van der Waals surface area contributed by atoms with E-state index >= 15 is 0 Å². The van der Waals surface area contributed by atoms with Gasteiger partial charge in [0.05, 0.1) is 17.5 Å². The van der Waals surface area contributed by atoms with Crippen molar-refractivity contribution in [2.45, 2.75) is 45.1 Å². The summed E-state index contributed by atoms with van der Waals surface area (Å²) in [5, 5.41) is 0.596. The highest BCUT2D eigenvalue weighted by molar-refractivity contribution is 6.33. The van der Waals surface area contributed by atoms with Crippen LogP contribution in [0.5, 0.6) is 0 Å². The van der Waals surface area contributed by atoms with Crippen molar-refractivity contribution in [2.24, 2.45) is 5.92 Å². The summed E-state index contributed by atoms with van der Waals surface area (Å²) in [6.45, 7) is 3.34. The maximum Gasteiger partial charge on any atom is 0.511 e. The Bertz CT molecular complexity index is 1550. The van der Waals surface area contributed by atoms with Crippen molar-refractivity contribution in [3.05, 3.63) is 69.3 Å². The lowest BCUT2D eigenvalue weighted by Gasteiger charge is -2.33. The fourth-order valence-electron chi connectivity index (χ4n) is 4.88. The number of aldehydes is 1. The van der Waals surface area contributed by atoms with Gasteiger partial charge in [0, 0.05) is 35.7 Å². The number of carbonyl (C=O) groups excluding carboxylic acids is 4. The maximum atomic E-state index is 13.6. The molecule has 1 amide bonds. The molecule has 0 unspecified atom stereocenters. The monoisotopic (exact) mass is 601 g/mol. The van der Waals surface area contributed by atoms with Gasteiger partial charge in [-0.25, -0.2) is 14.0 Å². The van der Waals surface area contributed by atoms with Crippen LogP contribution in [0, 0.1) is 11.7 Å². The minimum Gasteiger partial charge on any atom is -0.431 e. The second-order valence-electron chi connectivity index (χ2n) is 10.2. The summed E-state index contributed by atoms with van der Waals surface area (Å²) in [4.78, 5) is 63.1. The Morgan fingerprint density at radius 2 is 1.90 bits per heavy atom. The molecule has 10 nitrogen and oxygen atoms in total. The van der Waals surface area contributed by atoms with Crippen LogP contribution in [0.15, 0.2) is 51.7 Å². The lowest BCUT2D eigenvalue weighted by Crippen LogP contribution is -2.43. The van der Waals surface area contributed by atoms with E-state index in [0.717, 1.165) is 6.07 Å². The average molecular weight is 602 g/mol. The molecular formula is C30H29ClFNO9. The van der Waals surface area contributed by atoms with E-state index in [4.69, 9.17) is 30.2 Å². The molecule has 1 fully saturated rings. The van der Waals surface area contributed by atoms with Crippen LogP contribution in [0.1, 0.15) is 44.6 Å². The zero-order valence-corrected chi connectivity index (χ0v) is 23.7. The summed E-state index contributed by atoms with van der Waals surface area (Å²) >= 11 is 6.22. The Balaban J connectivity index is 1.45. The van der Waals surface area contributed by atoms with Crippen molar-refractivity contribution in [2.75, 3.05) is 19.9 Å². The first-order valence-corrected chi connectivity index (χ1v) is 13.7. The van der Waals surface area contributed by atoms with E-state index in [9.17, 15) is 28.4 Å². The van der Waals surface area contributed by atoms with Gasteiger partial charge in [0.1, 0.15) is 23.6 Å². The number of esters is 1. The van der Waals surface area contributed by atoms with Crippen LogP contribution in [0.25, 0.3) is 22.1 Å². The fourth-order valence-corrected chi connectivity index (χ4v) is 5.14. The third kappa shape index (κ3) is 7.52. The zero-order chi connectivity index (χ0) is 30.4. The molecule has 0 spiro atoms. The summed E-state index contributed by atoms with van der Waals surface area (Å²) < 4.78 is 33.4. The molecule has 42 heavy (non-hydrogen) atoms. The van der Waals surface area contributed by atoms with Gasteiger partial charge in [0.25, 0.3) is 0 Å². The third-order valence-electron chi connectivity index (χ3n) is 6.77. The minimum atomic E-state index is -1.18. The normalized spacial score (nSPS) is 15.7. The smallest absolute Gasteiger partial charge is 0.431 e. The lowest BCUT2D eigenvalue weighted by atomic mass is 9.91. The largest absolute Gasteiger partial charge is 0.511 e. The number of rotatable bonds is 9. The number of likely N-dealkylation sites (tertiary alicyclic amines) is 1. The van der Waals surface area contributed by atoms with E-state index in [1.54, 1.807) is 26.0 Å². The van der Waals surface area contributed by atoms with Crippen LogP contribution in [0.2, 0.25) is 5.02 Å². The summed E-state index contributed by atoms with van der Waals surface area (Å²) in [5.41, 5.74) is 0.609. The van der Waals surface area contributed by atoms with Gasteiger partial charge in [-0.3, -0.25) is 9.59 Å². The van der Waals surface area contributed by atoms with Crippen LogP contribution in [0.4, 0.5) is 9.18 Å². The molecule has 0 bridgehead atoms. The molecule has 4 rings (SSSR count). The van der Waals surface area contributed by atoms with E-state index < -0.39 is 42.2 Å². The highest BCUT2D eigenvalue weighted by Gasteiger charge is 2.31. The highest BCUT2D eigenvalue weighted by atomic mass is 35.5. The SMILES string of the molecule is CC(C)OC(=O)OCOC(=O)C[C@H]1CCCN(C(=O)[C@@H](C=O)c2ccc3c(-c4ccc(F)cc4Cl)cc(=O)oc3c2)C1. The predicted octanol–water partition coefficient (Wildman–Crippen LogP) is 5.23. The summed E-state index contributed by atoms with van der Waals surface area (Å²) in [6.07, 6.45) is 0.468. The quantitative estimate of drug-likeness (QED) is 0.106. The number of benzene rings is 2. The third-order valence-corrected chi connectivity index (χ3v) is 7.08. The summed E-state index contributed by atoms with van der Waals surface area (Å²) in [5.74, 6) is -2.98. The van der Waals surface area contributed by atoms with Gasteiger partial charge in [-0.2, -0.15) is 0 Å². The first-order chi connectivity index (χ1) is 20.0. The van der Waals surface area contributed by atoms with Crippen molar-refractivity contribution in [3.63, 3.8) is 0 Å². The second kappa shape index (κ2) is 13.6. The fraction of sp³-hybridized carbons (Fsp3) is 0.367. The van der Waals surface area contributed by atoms with Gasteiger partial charge in [-0.05, 0) is 62.4 Å². The van der Waals surface area contributed by atoms with E-state index in [-0.39, 0.29) is 35.6 Å². The Hall–Kier alpha value is -4.25. The van der Waals surface area contributed by atoms with E-state index in [1.165, 1.54) is 29.2 Å². The molecular weight excluding hydrogens is 573 g/mol. The van der Waals surface area contributed by atoms with Gasteiger partial charge < -0.3 is 28.3 Å². The minimum absolute atomic E-state index is 0.00597. The topological polar surface area (TPSA) is 129 Å². The predicted molar refractivity (Wildman–Crippen MR) is 149 cm³/mol. The Kier molecular flexibility index (Phi) is 9.95. The number of nitrogens with zero attached hydrogens (tertiary/aromatic N) is 1. The van der Waals surface area contributed by atoms with Gasteiger partial charge in [-0.1, -0.05) is 23.7 Å². The number of piperidine rings is 1. The Morgan fingerprint density at radius 1 is 1.12 bits per heavy atom. The number of ether oxygens (including phenoxy) is 3. The maximum absolute atomic E-state index is 13.6. The molecule has 1 aliphatic rings. The van der Waals surface area contributed by atoms with Crippen LogP contribution in [0.3, 0.4) is 0 Å². The number of hydrogen-bond donors (Lipinski definition) is 0. The molecule has 2 heterocycles. The second-order valence-corrected chi connectivity index (χ2v) is 10.6. The molecule has 3 aromatic rings. The zero-order valence-electron chi connectivity index (χ0n) is 23.0. The Morgan fingerprint density at radius 3 is 2.62 bits per heavy atom. The van der Waals surface area contributed by atoms with Crippen molar-refractivity contribution < 1.29 is 42.2 Å². The van der Waals surface area contributed by atoms with E-state index in [1.807, 2.05) is 0 Å². The number of hydrogen-bond acceptors (Lipinski definition) is 9. The number of amides is 1. The summed E-state index contributed by atoms with van der Waals surface area (Å²) in [6, 6.07) is 9.71. The highest BCUT2D eigenvalue weighted by Crippen LogP contribution is 2.34. The van der Waals surface area contributed by atoms with Gasteiger partial charge >= 0.3 is 17.8 Å². The first-order valence-electron chi connectivity index (χ1n) is 13.3. The molecule has 1 saturated heterocycles. The van der Waals surface area contributed by atoms with Crippen molar-refractivity contribution >= 4 is 46.9 Å². The molecule has 12 heteroatoms. The molecule has 2 aromatic carbocycles. The molecule has 2 atom stereocenters. The first kappa shape index (κ1) is 30.7. The molecule has 0 radical (unpaired) electrons. The number of fused-ring (bicyclic) bond motifs is 1. The average Bonchev–Trinajstić information content (AvgIpc) is 2.92. The molecule has 0 saturated carbocycles. The number of halogens is 2. The molecule has 0 aliphatic carbocycles. The van der Waals surface area contributed by atoms with Crippen LogP contribution < -0.4 is 5.63 Å². The van der Waals surface area contributed by atoms with E-state index in [2.05, 4.69) is 0 Å². The molecule has 1 aromatic heterocycles. The molecule has 222 valence electrons.